The monoisotopic (exact) mass is 328 g/mol. The van der Waals surface area contributed by atoms with Crippen molar-refractivity contribution in [1.29, 1.82) is 0 Å². The third kappa shape index (κ3) is 3.57. The molecule has 0 aliphatic heterocycles. The molecule has 0 unspecified atom stereocenters. The summed E-state index contributed by atoms with van der Waals surface area (Å²) in [5.74, 6) is 0.579. The van der Waals surface area contributed by atoms with Crippen molar-refractivity contribution in [2.75, 3.05) is 6.61 Å². The van der Waals surface area contributed by atoms with Crippen LogP contribution in [-0.4, -0.2) is 31.5 Å². The molecule has 0 bridgehead atoms. The molecular weight excluding hydrogens is 311 g/mol. The number of ether oxygens (including phenoxy) is 1. The second-order valence-corrected chi connectivity index (χ2v) is 5.15. The highest BCUT2D eigenvalue weighted by Gasteiger charge is 2.11. The topological polar surface area (TPSA) is 73.1 Å². The van der Waals surface area contributed by atoms with Gasteiger partial charge in [0, 0.05) is 11.8 Å². The van der Waals surface area contributed by atoms with E-state index in [1.54, 1.807) is 29.3 Å². The molecule has 2 heterocycles. The second-order valence-electron chi connectivity index (χ2n) is 5.15. The second kappa shape index (κ2) is 7.18. The van der Waals surface area contributed by atoms with Crippen LogP contribution in [0.1, 0.15) is 18.3 Å². The van der Waals surface area contributed by atoms with Crippen molar-refractivity contribution < 1.29 is 14.2 Å². The molecule has 0 radical (unpaired) electrons. The fourth-order valence-electron chi connectivity index (χ4n) is 2.34. The van der Waals surface area contributed by atoms with Crippen LogP contribution in [0, 0.1) is 5.82 Å². The molecule has 0 amide bonds. The zero-order valence-corrected chi connectivity index (χ0v) is 13.2. The van der Waals surface area contributed by atoms with Gasteiger partial charge in [0.05, 0.1) is 13.2 Å². The molecule has 0 fully saturated rings. The summed E-state index contributed by atoms with van der Waals surface area (Å²) in [5, 5.41) is 13.2. The molecule has 0 saturated carbocycles. The Bertz CT molecular complexity index is 818. The molecule has 124 valence electrons. The summed E-state index contributed by atoms with van der Waals surface area (Å²) in [7, 11) is 0. The number of rotatable bonds is 6. The lowest BCUT2D eigenvalue weighted by molar-refractivity contribution is 0.271. The SMILES string of the molecule is CCOc1ncc(Cn2cnc(CO)n2)cc1-c1ccc(F)cc1. The van der Waals surface area contributed by atoms with Crippen molar-refractivity contribution in [3.8, 4) is 17.0 Å². The van der Waals surface area contributed by atoms with Crippen LogP contribution in [0.4, 0.5) is 4.39 Å². The number of nitrogens with zero attached hydrogens (tertiary/aromatic N) is 4. The number of aliphatic hydroxyl groups is 1. The molecule has 0 atom stereocenters. The van der Waals surface area contributed by atoms with E-state index in [1.807, 2.05) is 13.0 Å². The minimum absolute atomic E-state index is 0.199. The number of hydrogen-bond donors (Lipinski definition) is 1. The van der Waals surface area contributed by atoms with Crippen LogP contribution in [0.3, 0.4) is 0 Å². The maximum Gasteiger partial charge on any atom is 0.221 e. The van der Waals surface area contributed by atoms with Gasteiger partial charge < -0.3 is 9.84 Å². The number of benzene rings is 1. The van der Waals surface area contributed by atoms with Crippen LogP contribution in [-0.2, 0) is 13.2 Å². The van der Waals surface area contributed by atoms with Crippen LogP contribution in [0.5, 0.6) is 5.88 Å². The third-order valence-corrected chi connectivity index (χ3v) is 3.41. The maximum atomic E-state index is 13.2. The van der Waals surface area contributed by atoms with Gasteiger partial charge in [-0.3, -0.25) is 0 Å². The Hall–Kier alpha value is -2.80. The first-order valence-corrected chi connectivity index (χ1v) is 7.56. The molecule has 7 heteroatoms. The van der Waals surface area contributed by atoms with Gasteiger partial charge in [-0.15, -0.1) is 0 Å². The Morgan fingerprint density at radius 1 is 1.21 bits per heavy atom. The average Bonchev–Trinajstić information content (AvgIpc) is 3.05. The molecule has 24 heavy (non-hydrogen) atoms. The van der Waals surface area contributed by atoms with Crippen LogP contribution < -0.4 is 4.74 Å². The van der Waals surface area contributed by atoms with Gasteiger partial charge in [-0.1, -0.05) is 12.1 Å². The van der Waals surface area contributed by atoms with Crippen LogP contribution in [0.2, 0.25) is 0 Å². The van der Waals surface area contributed by atoms with Crippen molar-refractivity contribution in [3.63, 3.8) is 0 Å². The molecule has 0 saturated heterocycles. The smallest absolute Gasteiger partial charge is 0.221 e. The highest BCUT2D eigenvalue weighted by molar-refractivity contribution is 5.69. The van der Waals surface area contributed by atoms with Crippen LogP contribution >= 0.6 is 0 Å². The molecule has 1 aromatic carbocycles. The molecule has 3 rings (SSSR count). The van der Waals surface area contributed by atoms with E-state index in [0.29, 0.717) is 24.9 Å². The van der Waals surface area contributed by atoms with E-state index in [1.165, 1.54) is 12.1 Å². The maximum absolute atomic E-state index is 13.2. The van der Waals surface area contributed by atoms with Crippen LogP contribution in [0.15, 0.2) is 42.9 Å². The first kappa shape index (κ1) is 16.1. The number of aliphatic hydroxyl groups excluding tert-OH is 1. The van der Waals surface area contributed by atoms with Gasteiger partial charge in [0.15, 0.2) is 5.82 Å². The molecule has 1 N–H and O–H groups in total. The van der Waals surface area contributed by atoms with Crippen molar-refractivity contribution in [2.45, 2.75) is 20.1 Å². The first-order chi connectivity index (χ1) is 11.7. The minimum atomic E-state index is -0.292. The predicted octanol–water partition coefficient (Wildman–Crippen LogP) is 2.42. The summed E-state index contributed by atoms with van der Waals surface area (Å²) < 4.78 is 20.4. The van der Waals surface area contributed by atoms with Gasteiger partial charge in [0.1, 0.15) is 18.8 Å². The molecule has 0 spiro atoms. The predicted molar refractivity (Wildman–Crippen MR) is 85.8 cm³/mol. The van der Waals surface area contributed by atoms with E-state index >= 15 is 0 Å². The zero-order valence-electron chi connectivity index (χ0n) is 13.2. The van der Waals surface area contributed by atoms with Gasteiger partial charge in [-0.05, 0) is 36.2 Å². The van der Waals surface area contributed by atoms with Crippen molar-refractivity contribution in [3.05, 3.63) is 60.1 Å². The molecule has 2 aromatic heterocycles. The van der Waals surface area contributed by atoms with Gasteiger partial charge >= 0.3 is 0 Å². The Balaban J connectivity index is 1.94. The van der Waals surface area contributed by atoms with E-state index in [9.17, 15) is 4.39 Å². The minimum Gasteiger partial charge on any atom is -0.478 e. The van der Waals surface area contributed by atoms with E-state index in [4.69, 9.17) is 9.84 Å². The van der Waals surface area contributed by atoms with Crippen molar-refractivity contribution in [1.82, 2.24) is 19.7 Å². The van der Waals surface area contributed by atoms with Gasteiger partial charge in [0.2, 0.25) is 5.88 Å². The molecular formula is C17H17FN4O2. The lowest BCUT2D eigenvalue weighted by atomic mass is 10.1. The van der Waals surface area contributed by atoms with E-state index in [2.05, 4.69) is 15.1 Å². The summed E-state index contributed by atoms with van der Waals surface area (Å²) in [6.45, 7) is 2.63. The lowest BCUT2D eigenvalue weighted by Crippen LogP contribution is -2.04. The Morgan fingerprint density at radius 3 is 2.67 bits per heavy atom. The van der Waals surface area contributed by atoms with Crippen LogP contribution in [0.25, 0.3) is 11.1 Å². The van der Waals surface area contributed by atoms with Gasteiger partial charge in [-0.2, -0.15) is 5.10 Å². The highest BCUT2D eigenvalue weighted by atomic mass is 19.1. The molecule has 0 aliphatic carbocycles. The summed E-state index contributed by atoms with van der Waals surface area (Å²) >= 11 is 0. The summed E-state index contributed by atoms with van der Waals surface area (Å²) in [5.41, 5.74) is 2.51. The fourth-order valence-corrected chi connectivity index (χ4v) is 2.34. The summed E-state index contributed by atoms with van der Waals surface area (Å²) in [6.07, 6.45) is 3.26. The summed E-state index contributed by atoms with van der Waals surface area (Å²) in [6, 6.07) is 8.13. The standard InChI is InChI=1S/C17H17FN4O2/c1-2-24-17-15(13-3-5-14(18)6-4-13)7-12(8-19-17)9-22-11-20-16(10-23)21-22/h3-8,11,23H,2,9-10H2,1H3. The molecule has 0 aliphatic rings. The van der Waals surface area contributed by atoms with E-state index in [0.717, 1.165) is 16.7 Å². The molecule has 3 aromatic rings. The molecule has 6 nitrogen and oxygen atoms in total. The Kier molecular flexibility index (Phi) is 4.81. The normalized spacial score (nSPS) is 10.8. The van der Waals surface area contributed by atoms with Gasteiger partial charge in [0.25, 0.3) is 0 Å². The Labute approximate surface area is 138 Å². The number of hydrogen-bond acceptors (Lipinski definition) is 5. The highest BCUT2D eigenvalue weighted by Crippen LogP contribution is 2.29. The lowest BCUT2D eigenvalue weighted by Gasteiger charge is -2.11. The average molecular weight is 328 g/mol. The van der Waals surface area contributed by atoms with Crippen molar-refractivity contribution in [2.24, 2.45) is 0 Å². The Morgan fingerprint density at radius 2 is 2.00 bits per heavy atom. The van der Waals surface area contributed by atoms with Crippen molar-refractivity contribution >= 4 is 0 Å². The fraction of sp³-hybridized carbons (Fsp3) is 0.235. The number of pyridine rings is 1. The van der Waals surface area contributed by atoms with E-state index < -0.39 is 0 Å². The first-order valence-electron chi connectivity index (χ1n) is 7.56. The zero-order chi connectivity index (χ0) is 16.9. The number of halogens is 1. The summed E-state index contributed by atoms with van der Waals surface area (Å²) in [4.78, 5) is 8.35. The van der Waals surface area contributed by atoms with E-state index in [-0.39, 0.29) is 12.4 Å². The quantitative estimate of drug-likeness (QED) is 0.752. The van der Waals surface area contributed by atoms with Gasteiger partial charge in [-0.25, -0.2) is 19.0 Å². The number of aromatic nitrogens is 4. The largest absolute Gasteiger partial charge is 0.478 e. The third-order valence-electron chi connectivity index (χ3n) is 3.41.